The van der Waals surface area contributed by atoms with Gasteiger partial charge in [0.05, 0.1) is 26.0 Å². The highest BCUT2D eigenvalue weighted by Gasteiger charge is 2.25. The van der Waals surface area contributed by atoms with E-state index in [4.69, 9.17) is 9.47 Å². The fourth-order valence-electron chi connectivity index (χ4n) is 3.18. The molecule has 3 rings (SSSR count). The summed E-state index contributed by atoms with van der Waals surface area (Å²) in [5.41, 5.74) is 2.89. The van der Waals surface area contributed by atoms with Gasteiger partial charge in [0.2, 0.25) is 0 Å². The Hall–Kier alpha value is -2.50. The van der Waals surface area contributed by atoms with Crippen molar-refractivity contribution in [3.63, 3.8) is 0 Å². The summed E-state index contributed by atoms with van der Waals surface area (Å²) in [5, 5.41) is 7.44. The molecule has 1 aromatic heterocycles. The summed E-state index contributed by atoms with van der Waals surface area (Å²) in [6, 6.07) is 5.25. The van der Waals surface area contributed by atoms with E-state index in [2.05, 4.69) is 10.4 Å². The van der Waals surface area contributed by atoms with Gasteiger partial charge in [-0.1, -0.05) is 0 Å². The standard InChI is InChI=1S/C18H23N3O3/c1-4-24-16-9-8-12(10-17(16)23-3)18(22)20-14-6-5-7-15-13(14)11-19-21(15)2/h8-11,14H,4-7H2,1-3H3,(H,20,22). The van der Waals surface area contributed by atoms with Gasteiger partial charge in [0, 0.05) is 23.9 Å². The molecule has 0 radical (unpaired) electrons. The van der Waals surface area contributed by atoms with E-state index in [0.29, 0.717) is 23.7 Å². The number of nitrogens with one attached hydrogen (secondary N) is 1. The number of carbonyl (C=O) groups excluding carboxylic acids is 1. The number of nitrogens with zero attached hydrogens (tertiary/aromatic N) is 2. The number of methoxy groups -OCH3 is 1. The second-order valence-electron chi connectivity index (χ2n) is 5.89. The molecular weight excluding hydrogens is 306 g/mol. The summed E-state index contributed by atoms with van der Waals surface area (Å²) >= 11 is 0. The largest absolute Gasteiger partial charge is 0.493 e. The lowest BCUT2D eigenvalue weighted by atomic mass is 9.92. The Morgan fingerprint density at radius 3 is 3.00 bits per heavy atom. The number of amides is 1. The predicted molar refractivity (Wildman–Crippen MR) is 90.5 cm³/mol. The van der Waals surface area contributed by atoms with Crippen molar-refractivity contribution in [2.45, 2.75) is 32.2 Å². The molecule has 6 heteroatoms. The van der Waals surface area contributed by atoms with Crippen LogP contribution in [0.1, 0.15) is 47.4 Å². The van der Waals surface area contributed by atoms with Gasteiger partial charge in [0.1, 0.15) is 0 Å². The minimum atomic E-state index is -0.113. The molecule has 0 aliphatic heterocycles. The first-order chi connectivity index (χ1) is 11.6. The number of hydrogen-bond donors (Lipinski definition) is 1. The number of fused-ring (bicyclic) bond motifs is 1. The van der Waals surface area contributed by atoms with Gasteiger partial charge in [0.25, 0.3) is 5.91 Å². The maximum absolute atomic E-state index is 12.6. The molecule has 6 nitrogen and oxygen atoms in total. The smallest absolute Gasteiger partial charge is 0.251 e. The van der Waals surface area contributed by atoms with Gasteiger partial charge in [-0.15, -0.1) is 0 Å². The maximum atomic E-state index is 12.6. The molecule has 0 saturated heterocycles. The van der Waals surface area contributed by atoms with Crippen LogP contribution in [0.5, 0.6) is 11.5 Å². The zero-order chi connectivity index (χ0) is 17.1. The highest BCUT2D eigenvalue weighted by molar-refractivity contribution is 5.95. The van der Waals surface area contributed by atoms with E-state index in [1.807, 2.05) is 24.9 Å². The molecule has 1 unspecified atom stereocenters. The Bertz CT molecular complexity index is 739. The van der Waals surface area contributed by atoms with Crippen LogP contribution >= 0.6 is 0 Å². The first-order valence-electron chi connectivity index (χ1n) is 8.26. The summed E-state index contributed by atoms with van der Waals surface area (Å²) in [6.07, 6.45) is 4.84. The highest BCUT2D eigenvalue weighted by atomic mass is 16.5. The maximum Gasteiger partial charge on any atom is 0.251 e. The Kier molecular flexibility index (Phi) is 4.74. The Morgan fingerprint density at radius 2 is 2.25 bits per heavy atom. The monoisotopic (exact) mass is 329 g/mol. The van der Waals surface area contributed by atoms with Gasteiger partial charge in [0.15, 0.2) is 11.5 Å². The average molecular weight is 329 g/mol. The van der Waals surface area contributed by atoms with E-state index in [9.17, 15) is 4.79 Å². The minimum absolute atomic E-state index is 0.00696. The predicted octanol–water partition coefficient (Wildman–Crippen LogP) is 2.63. The van der Waals surface area contributed by atoms with E-state index < -0.39 is 0 Å². The number of rotatable bonds is 5. The molecule has 0 spiro atoms. The quantitative estimate of drug-likeness (QED) is 0.916. The molecule has 1 amide bonds. The van der Waals surface area contributed by atoms with Crippen LogP contribution in [0, 0.1) is 0 Å². The van der Waals surface area contributed by atoms with Crippen LogP contribution in [0.4, 0.5) is 0 Å². The number of benzene rings is 1. The molecule has 1 heterocycles. The van der Waals surface area contributed by atoms with E-state index in [0.717, 1.165) is 24.8 Å². The lowest BCUT2D eigenvalue weighted by Gasteiger charge is -2.24. The van der Waals surface area contributed by atoms with Gasteiger partial charge in [-0.25, -0.2) is 0 Å². The highest BCUT2D eigenvalue weighted by Crippen LogP contribution is 2.31. The molecule has 1 aliphatic rings. The minimum Gasteiger partial charge on any atom is -0.493 e. The zero-order valence-electron chi connectivity index (χ0n) is 14.3. The summed E-state index contributed by atoms with van der Waals surface area (Å²) in [5.74, 6) is 1.09. The van der Waals surface area contributed by atoms with Crippen molar-refractivity contribution in [2.75, 3.05) is 13.7 Å². The van der Waals surface area contributed by atoms with Crippen molar-refractivity contribution in [1.82, 2.24) is 15.1 Å². The molecule has 24 heavy (non-hydrogen) atoms. The molecule has 1 aliphatic carbocycles. The van der Waals surface area contributed by atoms with Crippen LogP contribution in [-0.2, 0) is 13.5 Å². The molecule has 1 N–H and O–H groups in total. The lowest BCUT2D eigenvalue weighted by Crippen LogP contribution is -2.31. The number of ether oxygens (including phenoxy) is 2. The number of hydrogen-bond acceptors (Lipinski definition) is 4. The Labute approximate surface area is 141 Å². The number of aromatic nitrogens is 2. The van der Waals surface area contributed by atoms with Crippen LogP contribution < -0.4 is 14.8 Å². The van der Waals surface area contributed by atoms with E-state index in [-0.39, 0.29) is 11.9 Å². The second kappa shape index (κ2) is 6.95. The fourth-order valence-corrected chi connectivity index (χ4v) is 3.18. The summed E-state index contributed by atoms with van der Waals surface area (Å²) in [7, 11) is 3.52. The molecule has 0 saturated carbocycles. The molecule has 1 atom stereocenters. The van der Waals surface area contributed by atoms with E-state index in [1.54, 1.807) is 25.3 Å². The molecule has 1 aromatic carbocycles. The van der Waals surface area contributed by atoms with Gasteiger partial charge in [-0.3, -0.25) is 9.48 Å². The zero-order valence-corrected chi connectivity index (χ0v) is 14.3. The Balaban J connectivity index is 1.78. The molecule has 128 valence electrons. The van der Waals surface area contributed by atoms with Crippen molar-refractivity contribution in [3.8, 4) is 11.5 Å². The molecule has 2 aromatic rings. The molecule has 0 fully saturated rings. The van der Waals surface area contributed by atoms with Crippen LogP contribution in [0.3, 0.4) is 0 Å². The normalized spacial score (nSPS) is 16.4. The van der Waals surface area contributed by atoms with Crippen molar-refractivity contribution >= 4 is 5.91 Å². The number of carbonyl (C=O) groups is 1. The SMILES string of the molecule is CCOc1ccc(C(=O)NC2CCCc3c2cnn3C)cc1OC. The Morgan fingerprint density at radius 1 is 1.42 bits per heavy atom. The molecular formula is C18H23N3O3. The number of aryl methyl sites for hydroxylation is 1. The van der Waals surface area contributed by atoms with Gasteiger partial charge in [-0.05, 0) is 44.4 Å². The summed E-state index contributed by atoms with van der Waals surface area (Å²) in [6.45, 7) is 2.46. The van der Waals surface area contributed by atoms with Crippen LogP contribution in [-0.4, -0.2) is 29.4 Å². The van der Waals surface area contributed by atoms with Crippen LogP contribution in [0.25, 0.3) is 0 Å². The van der Waals surface area contributed by atoms with Crippen molar-refractivity contribution in [3.05, 3.63) is 41.2 Å². The van der Waals surface area contributed by atoms with Crippen LogP contribution in [0.2, 0.25) is 0 Å². The van der Waals surface area contributed by atoms with Crippen molar-refractivity contribution in [2.24, 2.45) is 7.05 Å². The topological polar surface area (TPSA) is 65.4 Å². The van der Waals surface area contributed by atoms with Crippen molar-refractivity contribution in [1.29, 1.82) is 0 Å². The fraction of sp³-hybridized carbons (Fsp3) is 0.444. The van der Waals surface area contributed by atoms with Gasteiger partial charge in [-0.2, -0.15) is 5.10 Å². The van der Waals surface area contributed by atoms with E-state index in [1.165, 1.54) is 5.69 Å². The van der Waals surface area contributed by atoms with Crippen molar-refractivity contribution < 1.29 is 14.3 Å². The van der Waals surface area contributed by atoms with Crippen LogP contribution in [0.15, 0.2) is 24.4 Å². The third-order valence-corrected chi connectivity index (χ3v) is 4.41. The molecule has 0 bridgehead atoms. The first kappa shape index (κ1) is 16.4. The second-order valence-corrected chi connectivity index (χ2v) is 5.89. The van der Waals surface area contributed by atoms with Gasteiger partial charge >= 0.3 is 0 Å². The first-order valence-corrected chi connectivity index (χ1v) is 8.26. The van der Waals surface area contributed by atoms with Gasteiger partial charge < -0.3 is 14.8 Å². The van der Waals surface area contributed by atoms with E-state index >= 15 is 0 Å². The average Bonchev–Trinajstić information content (AvgIpc) is 2.98. The lowest BCUT2D eigenvalue weighted by molar-refractivity contribution is 0.0932. The summed E-state index contributed by atoms with van der Waals surface area (Å²) < 4.78 is 12.7. The summed E-state index contributed by atoms with van der Waals surface area (Å²) in [4.78, 5) is 12.6. The third-order valence-electron chi connectivity index (χ3n) is 4.41. The third kappa shape index (κ3) is 3.09.